The van der Waals surface area contributed by atoms with Crippen LogP contribution >= 0.6 is 0 Å². The standard InChI is InChI=1S/C21H26N4/c1-3-6-18-13-21(19-7-4-5-8-20(19)23-18)25-11-9-16(10-12-25)17-14-22-24(2)15-17/h4-5,7-8,13-16H,3,6,9-12H2,1-2H3. The van der Waals surface area contributed by atoms with E-state index in [2.05, 4.69) is 53.5 Å². The van der Waals surface area contributed by atoms with E-state index >= 15 is 0 Å². The number of anilines is 1. The first-order valence-electron chi connectivity index (χ1n) is 9.36. The quantitative estimate of drug-likeness (QED) is 0.713. The maximum atomic E-state index is 4.85. The van der Waals surface area contributed by atoms with Gasteiger partial charge in [-0.05, 0) is 42.9 Å². The molecule has 0 unspecified atom stereocenters. The van der Waals surface area contributed by atoms with Gasteiger partial charge in [-0.3, -0.25) is 9.67 Å². The molecular formula is C21H26N4. The van der Waals surface area contributed by atoms with E-state index in [0.29, 0.717) is 5.92 Å². The average Bonchev–Trinajstić information content (AvgIpc) is 3.08. The largest absolute Gasteiger partial charge is 0.371 e. The monoisotopic (exact) mass is 334 g/mol. The summed E-state index contributed by atoms with van der Waals surface area (Å²) < 4.78 is 1.91. The molecule has 0 bridgehead atoms. The number of piperidine rings is 1. The number of pyridine rings is 1. The number of hydrogen-bond donors (Lipinski definition) is 0. The minimum absolute atomic E-state index is 0.633. The van der Waals surface area contributed by atoms with Gasteiger partial charge in [0, 0.05) is 43.1 Å². The third-order valence-electron chi connectivity index (χ3n) is 5.29. The summed E-state index contributed by atoms with van der Waals surface area (Å²) in [7, 11) is 2.00. The van der Waals surface area contributed by atoms with Crippen LogP contribution < -0.4 is 4.90 Å². The van der Waals surface area contributed by atoms with Crippen LogP contribution in [0, 0.1) is 0 Å². The van der Waals surface area contributed by atoms with Gasteiger partial charge in [0.2, 0.25) is 0 Å². The fourth-order valence-corrected chi connectivity index (χ4v) is 3.96. The first kappa shape index (κ1) is 16.1. The molecular weight excluding hydrogens is 308 g/mol. The number of hydrogen-bond acceptors (Lipinski definition) is 3. The van der Waals surface area contributed by atoms with Crippen LogP contribution in [0.4, 0.5) is 5.69 Å². The molecule has 0 N–H and O–H groups in total. The lowest BCUT2D eigenvalue weighted by Gasteiger charge is -2.34. The summed E-state index contributed by atoms with van der Waals surface area (Å²) in [5.74, 6) is 0.633. The molecule has 1 fully saturated rings. The molecule has 4 heteroatoms. The molecule has 2 aromatic heterocycles. The summed E-state index contributed by atoms with van der Waals surface area (Å²) in [5, 5.41) is 5.62. The van der Waals surface area contributed by atoms with E-state index in [1.807, 2.05) is 17.9 Å². The number of fused-ring (bicyclic) bond motifs is 1. The van der Waals surface area contributed by atoms with Gasteiger partial charge >= 0.3 is 0 Å². The molecule has 0 aliphatic carbocycles. The molecule has 1 aromatic carbocycles. The van der Waals surface area contributed by atoms with Crippen molar-refractivity contribution in [1.82, 2.24) is 14.8 Å². The normalized spacial score (nSPS) is 15.8. The van der Waals surface area contributed by atoms with Crippen LogP contribution in [0.5, 0.6) is 0 Å². The zero-order valence-electron chi connectivity index (χ0n) is 15.2. The number of aromatic nitrogens is 3. The van der Waals surface area contributed by atoms with Gasteiger partial charge in [-0.1, -0.05) is 31.5 Å². The highest BCUT2D eigenvalue weighted by atomic mass is 15.2. The van der Waals surface area contributed by atoms with Crippen LogP contribution in [-0.2, 0) is 13.5 Å². The lowest BCUT2D eigenvalue weighted by atomic mass is 9.91. The van der Waals surface area contributed by atoms with Crippen molar-refractivity contribution in [3.8, 4) is 0 Å². The molecule has 0 atom stereocenters. The molecule has 1 saturated heterocycles. The summed E-state index contributed by atoms with van der Waals surface area (Å²) in [6.45, 7) is 4.41. The van der Waals surface area contributed by atoms with Crippen LogP contribution in [0.3, 0.4) is 0 Å². The molecule has 4 nitrogen and oxygen atoms in total. The van der Waals surface area contributed by atoms with Gasteiger partial charge in [-0.15, -0.1) is 0 Å². The van der Waals surface area contributed by atoms with E-state index in [9.17, 15) is 0 Å². The summed E-state index contributed by atoms with van der Waals surface area (Å²) in [6, 6.07) is 10.9. The zero-order valence-corrected chi connectivity index (χ0v) is 15.2. The highest BCUT2D eigenvalue weighted by Gasteiger charge is 2.23. The minimum atomic E-state index is 0.633. The summed E-state index contributed by atoms with van der Waals surface area (Å²) in [4.78, 5) is 7.40. The number of benzene rings is 1. The fraction of sp³-hybridized carbons (Fsp3) is 0.429. The Morgan fingerprint density at radius 3 is 2.68 bits per heavy atom. The highest BCUT2D eigenvalue weighted by molar-refractivity contribution is 5.92. The van der Waals surface area contributed by atoms with E-state index in [-0.39, 0.29) is 0 Å². The second kappa shape index (κ2) is 6.87. The number of rotatable bonds is 4. The molecule has 3 aromatic rings. The Morgan fingerprint density at radius 2 is 1.96 bits per heavy atom. The molecule has 3 heterocycles. The molecule has 1 aliphatic heterocycles. The number of nitrogens with zero attached hydrogens (tertiary/aromatic N) is 4. The van der Waals surface area contributed by atoms with Gasteiger partial charge in [0.05, 0.1) is 11.7 Å². The van der Waals surface area contributed by atoms with E-state index in [4.69, 9.17) is 4.98 Å². The summed E-state index contributed by atoms with van der Waals surface area (Å²) >= 11 is 0. The SMILES string of the molecule is CCCc1cc(N2CCC(c3cnn(C)c3)CC2)c2ccccc2n1. The molecule has 4 rings (SSSR count). The van der Waals surface area contributed by atoms with Gasteiger partial charge in [-0.25, -0.2) is 0 Å². The molecule has 0 spiro atoms. The maximum absolute atomic E-state index is 4.85. The minimum Gasteiger partial charge on any atom is -0.371 e. The second-order valence-electron chi connectivity index (χ2n) is 7.11. The first-order valence-corrected chi connectivity index (χ1v) is 9.36. The lowest BCUT2D eigenvalue weighted by molar-refractivity contribution is 0.506. The lowest BCUT2D eigenvalue weighted by Crippen LogP contribution is -2.33. The maximum Gasteiger partial charge on any atom is 0.0726 e. The molecule has 0 amide bonds. The third-order valence-corrected chi connectivity index (χ3v) is 5.29. The first-order chi connectivity index (χ1) is 12.2. The van der Waals surface area contributed by atoms with Crippen LogP contribution in [0.25, 0.3) is 10.9 Å². The number of aryl methyl sites for hydroxylation is 2. The summed E-state index contributed by atoms with van der Waals surface area (Å²) in [5.41, 5.74) is 5.08. The Labute approximate surface area is 149 Å². The summed E-state index contributed by atoms with van der Waals surface area (Å²) in [6.07, 6.45) is 8.75. The molecule has 1 aliphatic rings. The van der Waals surface area contributed by atoms with Crippen molar-refractivity contribution < 1.29 is 0 Å². The van der Waals surface area contributed by atoms with Gasteiger partial charge in [0.25, 0.3) is 0 Å². The molecule has 130 valence electrons. The van der Waals surface area contributed by atoms with Gasteiger partial charge in [-0.2, -0.15) is 5.10 Å². The fourth-order valence-electron chi connectivity index (χ4n) is 3.96. The van der Waals surface area contributed by atoms with Crippen LogP contribution in [-0.4, -0.2) is 27.9 Å². The van der Waals surface area contributed by atoms with Crippen molar-refractivity contribution in [3.05, 3.63) is 54.0 Å². The molecule has 0 saturated carbocycles. The van der Waals surface area contributed by atoms with Crippen molar-refractivity contribution >= 4 is 16.6 Å². The van der Waals surface area contributed by atoms with E-state index in [1.54, 1.807) is 0 Å². The van der Waals surface area contributed by atoms with Gasteiger partial charge in [0.1, 0.15) is 0 Å². The Hall–Kier alpha value is -2.36. The van der Waals surface area contributed by atoms with Crippen molar-refractivity contribution in [3.63, 3.8) is 0 Å². The average molecular weight is 334 g/mol. The Bertz CT molecular complexity index is 859. The van der Waals surface area contributed by atoms with Crippen molar-refractivity contribution in [2.75, 3.05) is 18.0 Å². The Balaban J connectivity index is 1.59. The van der Waals surface area contributed by atoms with Gasteiger partial charge in [0.15, 0.2) is 0 Å². The van der Waals surface area contributed by atoms with Crippen molar-refractivity contribution in [1.29, 1.82) is 0 Å². The predicted molar refractivity (Wildman–Crippen MR) is 103 cm³/mol. The molecule has 25 heavy (non-hydrogen) atoms. The molecule has 0 radical (unpaired) electrons. The Morgan fingerprint density at radius 1 is 1.16 bits per heavy atom. The third kappa shape index (κ3) is 3.26. The smallest absolute Gasteiger partial charge is 0.0726 e. The van der Waals surface area contributed by atoms with E-state index < -0.39 is 0 Å². The van der Waals surface area contributed by atoms with Crippen molar-refractivity contribution in [2.45, 2.75) is 38.5 Å². The highest BCUT2D eigenvalue weighted by Crippen LogP contribution is 2.33. The Kier molecular flexibility index (Phi) is 4.43. The van der Waals surface area contributed by atoms with E-state index in [1.165, 1.54) is 35.2 Å². The predicted octanol–water partition coefficient (Wildman–Crippen LogP) is 4.30. The van der Waals surface area contributed by atoms with E-state index in [0.717, 1.165) is 31.4 Å². The van der Waals surface area contributed by atoms with Crippen molar-refractivity contribution in [2.24, 2.45) is 7.05 Å². The van der Waals surface area contributed by atoms with Crippen LogP contribution in [0.1, 0.15) is 43.4 Å². The van der Waals surface area contributed by atoms with Gasteiger partial charge < -0.3 is 4.90 Å². The topological polar surface area (TPSA) is 34.0 Å². The van der Waals surface area contributed by atoms with Crippen LogP contribution in [0.15, 0.2) is 42.7 Å². The number of para-hydroxylation sites is 1. The van der Waals surface area contributed by atoms with Crippen LogP contribution in [0.2, 0.25) is 0 Å². The second-order valence-corrected chi connectivity index (χ2v) is 7.11. The zero-order chi connectivity index (χ0) is 17.2.